The van der Waals surface area contributed by atoms with Crippen molar-refractivity contribution in [1.82, 2.24) is 19.9 Å². The van der Waals surface area contributed by atoms with Crippen molar-refractivity contribution in [3.8, 4) is 0 Å². The lowest BCUT2D eigenvalue weighted by molar-refractivity contribution is 0.0755. The summed E-state index contributed by atoms with van der Waals surface area (Å²) in [6.07, 6.45) is 1.68. The molecule has 4 rings (SSSR count). The number of rotatable bonds is 3. The van der Waals surface area contributed by atoms with Crippen molar-refractivity contribution >= 4 is 34.6 Å². The minimum absolute atomic E-state index is 0.0529. The Labute approximate surface area is 159 Å². The zero-order chi connectivity index (χ0) is 18.8. The summed E-state index contributed by atoms with van der Waals surface area (Å²) in [5.41, 5.74) is 4.46. The number of amides is 1. The number of thiazole rings is 1. The molecule has 1 aliphatic heterocycles. The molecule has 27 heavy (non-hydrogen) atoms. The largest absolute Gasteiger partial charge is 0.380 e. The molecule has 0 aliphatic carbocycles. The second-order valence-electron chi connectivity index (χ2n) is 6.11. The van der Waals surface area contributed by atoms with Gasteiger partial charge in [0.1, 0.15) is 10.7 Å². The van der Waals surface area contributed by atoms with Gasteiger partial charge in [0.05, 0.1) is 35.3 Å². The van der Waals surface area contributed by atoms with Crippen LogP contribution in [0.3, 0.4) is 0 Å². The minimum atomic E-state index is -0.340. The highest BCUT2D eigenvalue weighted by Gasteiger charge is 2.24. The number of fused-ring (bicyclic) bond motifs is 1. The standard InChI is InChI=1S/C18H17FN6OS/c1-11-16(27-10-22-11)17(26)25-6-5-20-14-8-21-18(24-15(14)9-25)23-13-4-2-3-12(19)7-13/h2-4,7-8,10,20H,5-6,9H2,1H3,(H,21,23,24). The second-order valence-corrected chi connectivity index (χ2v) is 6.96. The number of aryl methyl sites for hydroxylation is 1. The van der Waals surface area contributed by atoms with Crippen LogP contribution in [-0.2, 0) is 6.54 Å². The van der Waals surface area contributed by atoms with Gasteiger partial charge in [0.25, 0.3) is 5.91 Å². The molecule has 0 saturated heterocycles. The normalized spacial score (nSPS) is 13.5. The van der Waals surface area contributed by atoms with Gasteiger partial charge in [0.15, 0.2) is 0 Å². The molecule has 0 atom stereocenters. The number of carbonyl (C=O) groups excluding carboxylic acids is 1. The molecule has 1 aromatic carbocycles. The molecule has 7 nitrogen and oxygen atoms in total. The number of anilines is 3. The van der Waals surface area contributed by atoms with Gasteiger partial charge in [0, 0.05) is 18.8 Å². The van der Waals surface area contributed by atoms with Gasteiger partial charge in [-0.1, -0.05) is 6.07 Å². The Hall–Kier alpha value is -3.07. The Morgan fingerprint density at radius 1 is 1.37 bits per heavy atom. The first kappa shape index (κ1) is 17.3. The van der Waals surface area contributed by atoms with Crippen molar-refractivity contribution in [3.63, 3.8) is 0 Å². The van der Waals surface area contributed by atoms with Gasteiger partial charge in [-0.2, -0.15) is 0 Å². The Morgan fingerprint density at radius 2 is 2.26 bits per heavy atom. The molecule has 1 amide bonds. The summed E-state index contributed by atoms with van der Waals surface area (Å²) < 4.78 is 13.4. The number of halogens is 1. The SMILES string of the molecule is Cc1ncsc1C(=O)N1CCNc2cnc(Nc3cccc(F)c3)nc2C1. The maximum Gasteiger partial charge on any atom is 0.266 e. The van der Waals surface area contributed by atoms with E-state index in [2.05, 4.69) is 25.6 Å². The first-order valence-corrected chi connectivity index (χ1v) is 9.30. The van der Waals surface area contributed by atoms with Crippen molar-refractivity contribution in [2.45, 2.75) is 13.5 Å². The van der Waals surface area contributed by atoms with Crippen LogP contribution >= 0.6 is 11.3 Å². The van der Waals surface area contributed by atoms with Gasteiger partial charge >= 0.3 is 0 Å². The maximum atomic E-state index is 13.4. The van der Waals surface area contributed by atoms with Gasteiger partial charge in [-0.25, -0.2) is 19.3 Å². The predicted octanol–water partition coefficient (Wildman–Crippen LogP) is 3.19. The Kier molecular flexibility index (Phi) is 4.68. The lowest BCUT2D eigenvalue weighted by atomic mass is 10.3. The lowest BCUT2D eigenvalue weighted by Gasteiger charge is -2.19. The second kappa shape index (κ2) is 7.28. The quantitative estimate of drug-likeness (QED) is 0.722. The third kappa shape index (κ3) is 3.72. The van der Waals surface area contributed by atoms with E-state index in [1.165, 1.54) is 23.5 Å². The van der Waals surface area contributed by atoms with E-state index in [1.807, 2.05) is 6.92 Å². The van der Waals surface area contributed by atoms with Crippen LogP contribution < -0.4 is 10.6 Å². The van der Waals surface area contributed by atoms with Crippen LogP contribution in [0, 0.1) is 12.7 Å². The minimum Gasteiger partial charge on any atom is -0.380 e. The Bertz CT molecular complexity index is 991. The summed E-state index contributed by atoms with van der Waals surface area (Å²) in [7, 11) is 0. The molecule has 0 spiro atoms. The van der Waals surface area contributed by atoms with Crippen LogP contribution in [0.2, 0.25) is 0 Å². The van der Waals surface area contributed by atoms with Crippen LogP contribution in [0.4, 0.5) is 21.7 Å². The fourth-order valence-electron chi connectivity index (χ4n) is 2.85. The molecule has 0 bridgehead atoms. The summed E-state index contributed by atoms with van der Waals surface area (Å²) in [6.45, 7) is 3.35. The summed E-state index contributed by atoms with van der Waals surface area (Å²) in [6, 6.07) is 6.09. The number of nitrogens with one attached hydrogen (secondary N) is 2. The van der Waals surface area contributed by atoms with Crippen LogP contribution in [0.1, 0.15) is 21.1 Å². The van der Waals surface area contributed by atoms with Gasteiger partial charge in [-0.05, 0) is 25.1 Å². The highest BCUT2D eigenvalue weighted by atomic mass is 32.1. The van der Waals surface area contributed by atoms with E-state index in [4.69, 9.17) is 0 Å². The Balaban J connectivity index is 1.58. The number of hydrogen-bond donors (Lipinski definition) is 2. The zero-order valence-corrected chi connectivity index (χ0v) is 15.4. The third-order valence-electron chi connectivity index (χ3n) is 4.21. The molecular formula is C18H17FN6OS. The van der Waals surface area contributed by atoms with Crippen molar-refractivity contribution < 1.29 is 9.18 Å². The lowest BCUT2D eigenvalue weighted by Crippen LogP contribution is -2.32. The Morgan fingerprint density at radius 3 is 3.04 bits per heavy atom. The van der Waals surface area contributed by atoms with E-state index in [0.29, 0.717) is 41.8 Å². The molecule has 2 aromatic heterocycles. The molecule has 1 aliphatic rings. The summed E-state index contributed by atoms with van der Waals surface area (Å²) in [5, 5.41) is 6.25. The van der Waals surface area contributed by atoms with E-state index < -0.39 is 0 Å². The van der Waals surface area contributed by atoms with Crippen LogP contribution in [-0.4, -0.2) is 38.8 Å². The molecule has 0 saturated carbocycles. The molecule has 3 heterocycles. The maximum absolute atomic E-state index is 13.4. The molecular weight excluding hydrogens is 367 g/mol. The fourth-order valence-corrected chi connectivity index (χ4v) is 3.62. The molecule has 9 heteroatoms. The summed E-state index contributed by atoms with van der Waals surface area (Å²) in [4.78, 5) is 28.2. The van der Waals surface area contributed by atoms with Crippen molar-refractivity contribution in [3.05, 3.63) is 58.1 Å². The third-order valence-corrected chi connectivity index (χ3v) is 5.13. The zero-order valence-electron chi connectivity index (χ0n) is 14.6. The number of hydrogen-bond acceptors (Lipinski definition) is 7. The van der Waals surface area contributed by atoms with Crippen molar-refractivity contribution in [1.29, 1.82) is 0 Å². The number of aromatic nitrogens is 3. The summed E-state index contributed by atoms with van der Waals surface area (Å²) >= 11 is 1.34. The molecule has 0 fully saturated rings. The van der Waals surface area contributed by atoms with Crippen LogP contribution in [0.15, 0.2) is 36.0 Å². The van der Waals surface area contributed by atoms with Crippen molar-refractivity contribution in [2.75, 3.05) is 23.7 Å². The smallest absolute Gasteiger partial charge is 0.266 e. The predicted molar refractivity (Wildman–Crippen MR) is 102 cm³/mol. The first-order chi connectivity index (χ1) is 13.1. The molecule has 0 unspecified atom stereocenters. The topological polar surface area (TPSA) is 83.0 Å². The monoisotopic (exact) mass is 384 g/mol. The number of nitrogens with zero attached hydrogens (tertiary/aromatic N) is 4. The number of benzene rings is 1. The van der Waals surface area contributed by atoms with Crippen molar-refractivity contribution in [2.24, 2.45) is 0 Å². The highest BCUT2D eigenvalue weighted by molar-refractivity contribution is 7.11. The fraction of sp³-hybridized carbons (Fsp3) is 0.222. The van der Waals surface area contributed by atoms with Gasteiger partial charge in [-0.3, -0.25) is 4.79 Å². The molecule has 2 N–H and O–H groups in total. The van der Waals surface area contributed by atoms with E-state index in [1.54, 1.807) is 28.7 Å². The van der Waals surface area contributed by atoms with Gasteiger partial charge < -0.3 is 15.5 Å². The van der Waals surface area contributed by atoms with E-state index in [0.717, 1.165) is 11.4 Å². The average Bonchev–Trinajstić information content (AvgIpc) is 2.96. The van der Waals surface area contributed by atoms with Gasteiger partial charge in [0.2, 0.25) is 5.95 Å². The molecule has 0 radical (unpaired) electrons. The highest BCUT2D eigenvalue weighted by Crippen LogP contribution is 2.23. The van der Waals surface area contributed by atoms with E-state index in [9.17, 15) is 9.18 Å². The first-order valence-electron chi connectivity index (χ1n) is 8.42. The molecule has 138 valence electrons. The van der Waals surface area contributed by atoms with Gasteiger partial charge in [-0.15, -0.1) is 11.3 Å². The summed E-state index contributed by atoms with van der Waals surface area (Å²) in [5.74, 6) is -0.0413. The van der Waals surface area contributed by atoms with E-state index in [-0.39, 0.29) is 11.7 Å². The average molecular weight is 384 g/mol. The molecule has 3 aromatic rings. The van der Waals surface area contributed by atoms with Crippen LogP contribution in [0.5, 0.6) is 0 Å². The number of carbonyl (C=O) groups is 1. The van der Waals surface area contributed by atoms with Crippen LogP contribution in [0.25, 0.3) is 0 Å². The van der Waals surface area contributed by atoms with E-state index >= 15 is 0 Å².